The first kappa shape index (κ1) is 16.0. The molecule has 0 unspecified atom stereocenters. The van der Waals surface area contributed by atoms with Crippen molar-refractivity contribution in [1.82, 2.24) is 15.5 Å². The third-order valence-electron chi connectivity index (χ3n) is 3.39. The second-order valence-electron chi connectivity index (χ2n) is 6.17. The third-order valence-corrected chi connectivity index (χ3v) is 9.15. The van der Waals surface area contributed by atoms with Crippen molar-refractivity contribution in [3.63, 3.8) is 0 Å². The summed E-state index contributed by atoms with van der Waals surface area (Å²) in [5, 5.41) is 12.0. The van der Waals surface area contributed by atoms with Crippen LogP contribution in [0.2, 0.25) is 14.8 Å². The van der Waals surface area contributed by atoms with Crippen molar-refractivity contribution in [3.05, 3.63) is 23.9 Å². The normalized spacial score (nSPS) is 11.6. The number of rotatable bonds is 4. The standard InChI is InChI=1S/C12H13N4O.3CH3.Sn/c1-2-7-14-12(17)11-10(13)8-5-3-4-6-9(8)15-16-11;;;;/h3-5H,2,7H2,1H3,(H2,13,15)(H,14,17);3*1H3;. The summed E-state index contributed by atoms with van der Waals surface area (Å²) in [6.45, 7) is 2.61. The molecule has 0 fully saturated rings. The van der Waals surface area contributed by atoms with E-state index in [-0.39, 0.29) is 11.6 Å². The van der Waals surface area contributed by atoms with Crippen LogP contribution in [-0.4, -0.2) is 41.0 Å². The van der Waals surface area contributed by atoms with Gasteiger partial charge in [0.15, 0.2) is 0 Å². The molecule has 1 heterocycles. The SMILES string of the molecule is CCCNC(=O)c1nnc2[c]([Sn]([CH3])([CH3])[CH3])cccc2c1N. The Kier molecular flexibility index (Phi) is 4.70. The van der Waals surface area contributed by atoms with Crippen LogP contribution in [0, 0.1) is 0 Å². The van der Waals surface area contributed by atoms with Gasteiger partial charge in [0, 0.05) is 0 Å². The van der Waals surface area contributed by atoms with Crippen LogP contribution < -0.4 is 14.6 Å². The Labute approximate surface area is 129 Å². The molecule has 3 N–H and O–H groups in total. The summed E-state index contributed by atoms with van der Waals surface area (Å²) in [6, 6.07) is 6.02. The number of nitrogens with zero attached hydrogens (tertiary/aromatic N) is 2. The van der Waals surface area contributed by atoms with E-state index in [0.717, 1.165) is 17.3 Å². The molecule has 2 rings (SSSR count). The van der Waals surface area contributed by atoms with Gasteiger partial charge in [-0.25, -0.2) is 0 Å². The van der Waals surface area contributed by atoms with Crippen molar-refractivity contribution in [2.24, 2.45) is 0 Å². The first-order valence-corrected chi connectivity index (χ1v) is 17.2. The number of hydrogen-bond acceptors (Lipinski definition) is 4. The zero-order chi connectivity index (χ0) is 15.6. The predicted molar refractivity (Wildman–Crippen MR) is 89.6 cm³/mol. The molecule has 6 heteroatoms. The van der Waals surface area contributed by atoms with Crippen LogP contribution in [0.4, 0.5) is 5.69 Å². The van der Waals surface area contributed by atoms with E-state index in [9.17, 15) is 4.79 Å². The molecule has 0 aliphatic rings. The minimum absolute atomic E-state index is 0.220. The Morgan fingerprint density at radius 2 is 2.00 bits per heavy atom. The molecule has 1 aromatic carbocycles. The molecular formula is C15H22N4OSn. The molecule has 0 aliphatic heterocycles. The first-order chi connectivity index (χ1) is 9.86. The molecule has 0 saturated heterocycles. The number of hydrogen-bond donors (Lipinski definition) is 2. The number of amides is 1. The van der Waals surface area contributed by atoms with E-state index >= 15 is 0 Å². The van der Waals surface area contributed by atoms with Crippen molar-refractivity contribution >= 4 is 44.5 Å². The molecule has 0 radical (unpaired) electrons. The van der Waals surface area contributed by atoms with Gasteiger partial charge in [-0.2, -0.15) is 0 Å². The molecule has 1 amide bonds. The van der Waals surface area contributed by atoms with Crippen molar-refractivity contribution in [2.75, 3.05) is 12.3 Å². The number of nitrogen functional groups attached to an aromatic ring is 1. The van der Waals surface area contributed by atoms with E-state index < -0.39 is 18.4 Å². The van der Waals surface area contributed by atoms with Crippen molar-refractivity contribution in [1.29, 1.82) is 0 Å². The summed E-state index contributed by atoms with van der Waals surface area (Å²) < 4.78 is 1.28. The fourth-order valence-electron chi connectivity index (χ4n) is 2.25. The maximum atomic E-state index is 12.1. The van der Waals surface area contributed by atoms with Gasteiger partial charge >= 0.3 is 129 Å². The summed E-state index contributed by atoms with van der Waals surface area (Å²) in [7, 11) is 0. The van der Waals surface area contributed by atoms with E-state index in [1.54, 1.807) is 0 Å². The molecule has 5 nitrogen and oxygen atoms in total. The van der Waals surface area contributed by atoms with E-state index in [4.69, 9.17) is 5.73 Å². The van der Waals surface area contributed by atoms with Gasteiger partial charge in [-0.1, -0.05) is 0 Å². The van der Waals surface area contributed by atoms with Gasteiger partial charge in [-0.3, -0.25) is 0 Å². The van der Waals surface area contributed by atoms with Crippen LogP contribution in [0.1, 0.15) is 23.8 Å². The van der Waals surface area contributed by atoms with Gasteiger partial charge in [0.2, 0.25) is 0 Å². The average Bonchev–Trinajstić information content (AvgIpc) is 2.43. The molecule has 0 spiro atoms. The van der Waals surface area contributed by atoms with Crippen LogP contribution in [-0.2, 0) is 0 Å². The van der Waals surface area contributed by atoms with E-state index in [0.29, 0.717) is 12.2 Å². The Bertz CT molecular complexity index is 679. The van der Waals surface area contributed by atoms with Gasteiger partial charge in [-0.05, 0) is 0 Å². The third kappa shape index (κ3) is 3.28. The van der Waals surface area contributed by atoms with Gasteiger partial charge in [0.25, 0.3) is 0 Å². The minimum atomic E-state index is -2.30. The fourth-order valence-corrected chi connectivity index (χ4v) is 6.50. The predicted octanol–water partition coefficient (Wildman–Crippen LogP) is 1.90. The Morgan fingerprint density at radius 3 is 2.62 bits per heavy atom. The Balaban J connectivity index is 2.56. The molecule has 0 atom stereocenters. The maximum absolute atomic E-state index is 12.1. The Hall–Kier alpha value is -1.37. The number of aromatic nitrogens is 2. The summed E-state index contributed by atoms with van der Waals surface area (Å²) >= 11 is -2.30. The number of carbonyl (C=O) groups is 1. The zero-order valence-corrected chi connectivity index (χ0v) is 15.9. The second kappa shape index (κ2) is 6.17. The first-order valence-electron chi connectivity index (χ1n) is 7.19. The van der Waals surface area contributed by atoms with Crippen molar-refractivity contribution in [3.8, 4) is 0 Å². The summed E-state index contributed by atoms with van der Waals surface area (Å²) in [4.78, 5) is 19.0. The second-order valence-corrected chi connectivity index (χ2v) is 20.6. The number of benzene rings is 1. The summed E-state index contributed by atoms with van der Waals surface area (Å²) in [5.74, 6) is -0.256. The molecule has 0 bridgehead atoms. The van der Waals surface area contributed by atoms with Crippen LogP contribution in [0.15, 0.2) is 18.2 Å². The average molecular weight is 393 g/mol. The molecule has 0 saturated carbocycles. The monoisotopic (exact) mass is 394 g/mol. The molecule has 21 heavy (non-hydrogen) atoms. The van der Waals surface area contributed by atoms with Crippen LogP contribution in [0.25, 0.3) is 10.9 Å². The topological polar surface area (TPSA) is 80.9 Å². The van der Waals surface area contributed by atoms with Crippen molar-refractivity contribution in [2.45, 2.75) is 28.2 Å². The number of anilines is 1. The fraction of sp³-hybridized carbons (Fsp3) is 0.400. The number of carbonyl (C=O) groups excluding carboxylic acids is 1. The van der Waals surface area contributed by atoms with Crippen LogP contribution in [0.3, 0.4) is 0 Å². The summed E-state index contributed by atoms with van der Waals surface area (Å²) in [5.41, 5.74) is 7.66. The molecule has 0 aliphatic carbocycles. The number of nitrogens with one attached hydrogen (secondary N) is 1. The van der Waals surface area contributed by atoms with Crippen molar-refractivity contribution < 1.29 is 4.79 Å². The molecule has 2 aromatic rings. The quantitative estimate of drug-likeness (QED) is 0.778. The summed E-state index contributed by atoms with van der Waals surface area (Å²) in [6.07, 6.45) is 0.870. The van der Waals surface area contributed by atoms with Gasteiger partial charge in [-0.15, -0.1) is 0 Å². The van der Waals surface area contributed by atoms with E-state index in [2.05, 4.69) is 36.4 Å². The Morgan fingerprint density at radius 1 is 1.29 bits per heavy atom. The van der Waals surface area contributed by atoms with Gasteiger partial charge in [0.05, 0.1) is 0 Å². The van der Waals surface area contributed by atoms with Crippen LogP contribution in [0.5, 0.6) is 0 Å². The van der Waals surface area contributed by atoms with Gasteiger partial charge in [0.1, 0.15) is 0 Å². The molecule has 112 valence electrons. The van der Waals surface area contributed by atoms with Crippen LogP contribution >= 0.6 is 0 Å². The molecular weight excluding hydrogens is 371 g/mol. The zero-order valence-electron chi connectivity index (χ0n) is 13.0. The number of fused-ring (bicyclic) bond motifs is 1. The number of nitrogens with two attached hydrogens (primary N) is 1. The molecule has 1 aromatic heterocycles. The van der Waals surface area contributed by atoms with Gasteiger partial charge < -0.3 is 0 Å². The van der Waals surface area contributed by atoms with E-state index in [1.165, 1.54) is 3.58 Å². The van der Waals surface area contributed by atoms with E-state index in [1.807, 2.05) is 19.1 Å².